The van der Waals surface area contributed by atoms with Gasteiger partial charge in [0.25, 0.3) is 5.91 Å². The minimum atomic E-state index is -0.614. The zero-order valence-electron chi connectivity index (χ0n) is 21.7. The van der Waals surface area contributed by atoms with Crippen LogP contribution in [0.3, 0.4) is 0 Å². The summed E-state index contributed by atoms with van der Waals surface area (Å²) in [4.78, 5) is 22.9. The van der Waals surface area contributed by atoms with Crippen molar-refractivity contribution in [1.82, 2.24) is 24.6 Å². The lowest BCUT2D eigenvalue weighted by Crippen LogP contribution is -2.18. The van der Waals surface area contributed by atoms with E-state index in [1.165, 1.54) is 4.68 Å². The fourth-order valence-electron chi connectivity index (χ4n) is 4.64. The number of hydrogen-bond donors (Lipinski definition) is 2. The second-order valence-electron chi connectivity index (χ2n) is 9.68. The molecule has 2 aromatic carbocycles. The number of nitrogen functional groups attached to an aromatic ring is 1. The van der Waals surface area contributed by atoms with E-state index in [-0.39, 0.29) is 11.6 Å². The highest BCUT2D eigenvalue weighted by atomic mass is 16.5. The second kappa shape index (κ2) is 10.5. The van der Waals surface area contributed by atoms with Crippen LogP contribution in [0.15, 0.2) is 54.9 Å². The molecule has 0 aliphatic carbocycles. The first kappa shape index (κ1) is 25.2. The Kier molecular flexibility index (Phi) is 6.97. The monoisotopic (exact) mass is 513 g/mol. The molecule has 38 heavy (non-hydrogen) atoms. The first-order valence-electron chi connectivity index (χ1n) is 12.4. The Balaban J connectivity index is 1.33. The van der Waals surface area contributed by atoms with Crippen LogP contribution in [0.2, 0.25) is 0 Å². The molecular formula is C28H31N7O3. The normalized spacial score (nSPS) is 15.5. The molecule has 1 amide bonds. The van der Waals surface area contributed by atoms with Crippen LogP contribution in [0.4, 0.5) is 5.69 Å². The van der Waals surface area contributed by atoms with E-state index in [0.717, 1.165) is 36.5 Å². The summed E-state index contributed by atoms with van der Waals surface area (Å²) in [6, 6.07) is 13.0. The van der Waals surface area contributed by atoms with Crippen molar-refractivity contribution in [2.75, 3.05) is 25.9 Å². The number of hydrogen-bond acceptors (Lipinski definition) is 8. The van der Waals surface area contributed by atoms with Gasteiger partial charge in [-0.3, -0.25) is 4.79 Å². The highest BCUT2D eigenvalue weighted by Crippen LogP contribution is 2.33. The summed E-state index contributed by atoms with van der Waals surface area (Å²) in [5.74, 6) is 2.21. The SMILES string of the molecule is Cc1cc(OCc2cnc(C)nc2)cc(Oc2ccc(-n3nc([C@@H]4CCN(C)C4)c(N)c3C(N)=O)cc2)c1. The highest BCUT2D eigenvalue weighted by molar-refractivity contribution is 5.97. The average Bonchev–Trinajstić information content (AvgIpc) is 3.46. The number of carbonyl (C=O) groups excluding carboxylic acids is 1. The van der Waals surface area contributed by atoms with Crippen LogP contribution in [0.5, 0.6) is 17.2 Å². The van der Waals surface area contributed by atoms with Gasteiger partial charge in [0.05, 0.1) is 17.1 Å². The fourth-order valence-corrected chi connectivity index (χ4v) is 4.64. The van der Waals surface area contributed by atoms with E-state index in [4.69, 9.17) is 26.0 Å². The van der Waals surface area contributed by atoms with E-state index in [0.29, 0.717) is 40.9 Å². The number of likely N-dealkylation sites (tertiary alicyclic amines) is 1. The molecule has 4 N–H and O–H groups in total. The third-order valence-corrected chi connectivity index (χ3v) is 6.54. The van der Waals surface area contributed by atoms with Gasteiger partial charge in [-0.25, -0.2) is 14.6 Å². The van der Waals surface area contributed by atoms with Gasteiger partial charge in [0, 0.05) is 36.5 Å². The van der Waals surface area contributed by atoms with Crippen molar-refractivity contribution in [2.45, 2.75) is 32.8 Å². The predicted molar refractivity (Wildman–Crippen MR) is 144 cm³/mol. The molecule has 0 radical (unpaired) electrons. The van der Waals surface area contributed by atoms with E-state index in [1.807, 2.05) is 56.3 Å². The fraction of sp³-hybridized carbons (Fsp3) is 0.286. The molecule has 10 nitrogen and oxygen atoms in total. The summed E-state index contributed by atoms with van der Waals surface area (Å²) in [5.41, 5.74) is 15.8. The van der Waals surface area contributed by atoms with Crippen molar-refractivity contribution in [3.05, 3.63) is 83.2 Å². The lowest BCUT2D eigenvalue weighted by atomic mass is 10.0. The number of aryl methyl sites for hydroxylation is 2. The Bertz CT molecular complexity index is 1450. The smallest absolute Gasteiger partial charge is 0.269 e. The van der Waals surface area contributed by atoms with Crippen molar-refractivity contribution in [2.24, 2.45) is 5.73 Å². The van der Waals surface area contributed by atoms with E-state index in [1.54, 1.807) is 12.4 Å². The van der Waals surface area contributed by atoms with Crippen LogP contribution in [-0.4, -0.2) is 50.7 Å². The Morgan fingerprint density at radius 2 is 1.76 bits per heavy atom. The quantitative estimate of drug-likeness (QED) is 0.364. The largest absolute Gasteiger partial charge is 0.489 e. The van der Waals surface area contributed by atoms with Crippen LogP contribution in [-0.2, 0) is 6.61 Å². The molecule has 2 aromatic heterocycles. The van der Waals surface area contributed by atoms with Gasteiger partial charge in [0.15, 0.2) is 5.69 Å². The van der Waals surface area contributed by atoms with Crippen LogP contribution in [0, 0.1) is 13.8 Å². The standard InChI is InChI=1S/C28H31N7O3/c1-17-10-23(37-16-19-13-31-18(2)32-14-19)12-24(11-17)38-22-6-4-21(5-7-22)35-27(28(30)36)25(29)26(33-35)20-8-9-34(3)15-20/h4-7,10-14,20H,8-9,15-16,29H2,1-3H3,(H2,30,36)/t20-/m1/s1. The van der Waals surface area contributed by atoms with Gasteiger partial charge in [0.2, 0.25) is 0 Å². The van der Waals surface area contributed by atoms with Crippen molar-refractivity contribution in [1.29, 1.82) is 0 Å². The molecule has 5 rings (SSSR count). The molecule has 0 saturated carbocycles. The Labute approximate surface area is 221 Å². The van der Waals surface area contributed by atoms with E-state index >= 15 is 0 Å². The molecule has 1 saturated heterocycles. The van der Waals surface area contributed by atoms with Gasteiger partial charge in [0.1, 0.15) is 29.7 Å². The number of primary amides is 1. The average molecular weight is 514 g/mol. The molecule has 0 spiro atoms. The summed E-state index contributed by atoms with van der Waals surface area (Å²) in [6.07, 6.45) is 4.44. The van der Waals surface area contributed by atoms with Crippen molar-refractivity contribution in [3.63, 3.8) is 0 Å². The van der Waals surface area contributed by atoms with Gasteiger partial charge >= 0.3 is 0 Å². The molecular weight excluding hydrogens is 482 g/mol. The molecule has 3 heterocycles. The van der Waals surface area contributed by atoms with Crippen LogP contribution in [0.1, 0.15) is 45.5 Å². The van der Waals surface area contributed by atoms with Crippen LogP contribution in [0.25, 0.3) is 5.69 Å². The van der Waals surface area contributed by atoms with Gasteiger partial charge in [-0.2, -0.15) is 5.10 Å². The number of likely N-dealkylation sites (N-methyl/N-ethyl adjacent to an activating group) is 1. The minimum absolute atomic E-state index is 0.165. The molecule has 0 unspecified atom stereocenters. The molecule has 4 aromatic rings. The van der Waals surface area contributed by atoms with E-state index in [9.17, 15) is 4.79 Å². The number of ether oxygens (including phenoxy) is 2. The summed E-state index contributed by atoms with van der Waals surface area (Å²) < 4.78 is 13.6. The third-order valence-electron chi connectivity index (χ3n) is 6.54. The third kappa shape index (κ3) is 5.45. The van der Waals surface area contributed by atoms with Crippen LogP contribution < -0.4 is 20.9 Å². The maximum Gasteiger partial charge on any atom is 0.269 e. The van der Waals surface area contributed by atoms with E-state index < -0.39 is 5.91 Å². The second-order valence-corrected chi connectivity index (χ2v) is 9.68. The van der Waals surface area contributed by atoms with Crippen molar-refractivity contribution >= 4 is 11.6 Å². The topological polar surface area (TPSA) is 134 Å². The number of amides is 1. The molecule has 196 valence electrons. The minimum Gasteiger partial charge on any atom is -0.489 e. The molecule has 1 atom stereocenters. The van der Waals surface area contributed by atoms with Crippen LogP contribution >= 0.6 is 0 Å². The lowest BCUT2D eigenvalue weighted by molar-refractivity contribution is 0.0994. The zero-order chi connectivity index (χ0) is 26.8. The molecule has 1 aliphatic heterocycles. The van der Waals surface area contributed by atoms with Gasteiger partial charge in [-0.15, -0.1) is 0 Å². The Hall–Kier alpha value is -4.44. The lowest BCUT2D eigenvalue weighted by Gasteiger charge is -2.12. The zero-order valence-corrected chi connectivity index (χ0v) is 21.7. The van der Waals surface area contributed by atoms with E-state index in [2.05, 4.69) is 21.9 Å². The number of aromatic nitrogens is 4. The first-order valence-corrected chi connectivity index (χ1v) is 12.4. The number of nitrogens with zero attached hydrogens (tertiary/aromatic N) is 5. The molecule has 1 fully saturated rings. The number of nitrogens with two attached hydrogens (primary N) is 2. The number of carbonyl (C=O) groups is 1. The summed E-state index contributed by atoms with van der Waals surface area (Å²) >= 11 is 0. The predicted octanol–water partition coefficient (Wildman–Crippen LogP) is 3.75. The summed E-state index contributed by atoms with van der Waals surface area (Å²) in [6.45, 7) is 5.97. The van der Waals surface area contributed by atoms with Gasteiger partial charge in [-0.1, -0.05) is 0 Å². The van der Waals surface area contributed by atoms with Crippen molar-refractivity contribution < 1.29 is 14.3 Å². The number of rotatable bonds is 8. The highest BCUT2D eigenvalue weighted by Gasteiger charge is 2.30. The van der Waals surface area contributed by atoms with Crippen molar-refractivity contribution in [3.8, 4) is 22.9 Å². The molecule has 10 heteroatoms. The maximum absolute atomic E-state index is 12.3. The first-order chi connectivity index (χ1) is 18.3. The molecule has 1 aliphatic rings. The number of benzene rings is 2. The number of anilines is 1. The maximum atomic E-state index is 12.3. The summed E-state index contributed by atoms with van der Waals surface area (Å²) in [5, 5.41) is 4.70. The summed E-state index contributed by atoms with van der Waals surface area (Å²) in [7, 11) is 2.06. The van der Waals surface area contributed by atoms with Gasteiger partial charge < -0.3 is 25.8 Å². The van der Waals surface area contributed by atoms with Gasteiger partial charge in [-0.05, 0) is 75.8 Å². The Morgan fingerprint density at radius 1 is 1.05 bits per heavy atom. The Morgan fingerprint density at radius 3 is 2.42 bits per heavy atom. The molecule has 0 bridgehead atoms.